The first-order chi connectivity index (χ1) is 7.79. The van der Waals surface area contributed by atoms with E-state index in [1.54, 1.807) is 13.8 Å². The van der Waals surface area contributed by atoms with Crippen LogP contribution in [0.3, 0.4) is 0 Å². The monoisotopic (exact) mass is 260 g/mol. The number of rotatable bonds is 0. The van der Waals surface area contributed by atoms with Crippen LogP contribution in [0.2, 0.25) is 5.02 Å². The van der Waals surface area contributed by atoms with Gasteiger partial charge >= 0.3 is 6.18 Å². The number of alkyl halides is 3. The van der Waals surface area contributed by atoms with Gasteiger partial charge in [-0.05, 0) is 26.0 Å². The molecule has 0 unspecified atom stereocenters. The Labute approximate surface area is 100 Å². The summed E-state index contributed by atoms with van der Waals surface area (Å²) in [6, 6.07) is 2.12. The van der Waals surface area contributed by atoms with Crippen molar-refractivity contribution in [3.05, 3.63) is 34.1 Å². The van der Waals surface area contributed by atoms with Crippen LogP contribution in [-0.2, 0) is 6.18 Å². The van der Waals surface area contributed by atoms with Crippen LogP contribution in [0.1, 0.15) is 17.0 Å². The van der Waals surface area contributed by atoms with Gasteiger partial charge in [-0.25, -0.2) is 9.97 Å². The fourth-order valence-corrected chi connectivity index (χ4v) is 1.74. The maximum Gasteiger partial charge on any atom is 0.417 e. The molecule has 17 heavy (non-hydrogen) atoms. The zero-order valence-electron chi connectivity index (χ0n) is 9.06. The Morgan fingerprint density at radius 2 is 1.47 bits per heavy atom. The number of fused-ring (bicyclic) bond motifs is 1. The first-order valence-corrected chi connectivity index (χ1v) is 5.18. The molecular formula is C11H8ClF3N2. The quantitative estimate of drug-likeness (QED) is 0.717. The Morgan fingerprint density at radius 3 is 1.94 bits per heavy atom. The second-order valence-electron chi connectivity index (χ2n) is 3.71. The minimum Gasteiger partial charge on any atom is -0.250 e. The third-order valence-electron chi connectivity index (χ3n) is 2.47. The molecule has 0 spiro atoms. The maximum atomic E-state index is 12.6. The van der Waals surface area contributed by atoms with Gasteiger partial charge in [-0.15, -0.1) is 0 Å². The first-order valence-electron chi connectivity index (χ1n) is 4.81. The lowest BCUT2D eigenvalue weighted by molar-refractivity contribution is -0.137. The summed E-state index contributed by atoms with van der Waals surface area (Å²) in [4.78, 5) is 8.21. The molecule has 0 radical (unpaired) electrons. The number of aryl methyl sites for hydroxylation is 2. The van der Waals surface area contributed by atoms with Crippen molar-refractivity contribution in [1.82, 2.24) is 9.97 Å². The molecule has 0 saturated heterocycles. The van der Waals surface area contributed by atoms with Gasteiger partial charge in [0.2, 0.25) is 0 Å². The van der Waals surface area contributed by atoms with Gasteiger partial charge in [0.1, 0.15) is 0 Å². The highest BCUT2D eigenvalue weighted by molar-refractivity contribution is 6.32. The van der Waals surface area contributed by atoms with Crippen molar-refractivity contribution in [2.45, 2.75) is 20.0 Å². The van der Waals surface area contributed by atoms with E-state index in [0.29, 0.717) is 16.9 Å². The fraction of sp³-hybridized carbons (Fsp3) is 0.273. The van der Waals surface area contributed by atoms with Crippen molar-refractivity contribution in [1.29, 1.82) is 0 Å². The lowest BCUT2D eigenvalue weighted by atomic mass is 10.1. The number of nitrogens with zero attached hydrogens (tertiary/aromatic N) is 2. The SMILES string of the molecule is Cc1nc2cc(Cl)c(C(F)(F)F)cc2nc1C. The molecule has 2 nitrogen and oxygen atoms in total. The third-order valence-corrected chi connectivity index (χ3v) is 2.78. The van der Waals surface area contributed by atoms with Crippen molar-refractivity contribution in [2.75, 3.05) is 0 Å². The van der Waals surface area contributed by atoms with Crippen LogP contribution in [0.25, 0.3) is 11.0 Å². The van der Waals surface area contributed by atoms with Crippen LogP contribution in [-0.4, -0.2) is 9.97 Å². The average molecular weight is 261 g/mol. The molecule has 0 fully saturated rings. The topological polar surface area (TPSA) is 25.8 Å². The molecule has 0 aliphatic carbocycles. The molecular weight excluding hydrogens is 253 g/mol. The number of aromatic nitrogens is 2. The largest absolute Gasteiger partial charge is 0.417 e. The van der Waals surface area contributed by atoms with E-state index in [1.165, 1.54) is 6.07 Å². The van der Waals surface area contributed by atoms with Crippen LogP contribution in [0, 0.1) is 13.8 Å². The lowest BCUT2D eigenvalue weighted by Crippen LogP contribution is -2.06. The smallest absolute Gasteiger partial charge is 0.250 e. The predicted molar refractivity (Wildman–Crippen MR) is 59.0 cm³/mol. The molecule has 0 bridgehead atoms. The molecule has 0 N–H and O–H groups in total. The summed E-state index contributed by atoms with van der Waals surface area (Å²) in [7, 11) is 0. The zero-order valence-corrected chi connectivity index (χ0v) is 9.82. The summed E-state index contributed by atoms with van der Waals surface area (Å²) >= 11 is 5.59. The standard InChI is InChI=1S/C11H8ClF3N2/c1-5-6(2)17-10-4-8(12)7(11(13,14)15)3-9(10)16-5/h3-4H,1-2H3. The van der Waals surface area contributed by atoms with Crippen molar-refractivity contribution >= 4 is 22.6 Å². The second-order valence-corrected chi connectivity index (χ2v) is 4.12. The van der Waals surface area contributed by atoms with E-state index in [9.17, 15) is 13.2 Å². The molecule has 1 heterocycles. The van der Waals surface area contributed by atoms with Gasteiger partial charge in [-0.3, -0.25) is 0 Å². The van der Waals surface area contributed by atoms with E-state index < -0.39 is 11.7 Å². The Kier molecular flexibility index (Phi) is 2.73. The van der Waals surface area contributed by atoms with Crippen molar-refractivity contribution < 1.29 is 13.2 Å². The van der Waals surface area contributed by atoms with Crippen LogP contribution < -0.4 is 0 Å². The third kappa shape index (κ3) is 2.20. The van der Waals surface area contributed by atoms with Crippen molar-refractivity contribution in [3.8, 4) is 0 Å². The number of benzene rings is 1. The molecule has 0 aliphatic rings. The molecule has 0 amide bonds. The fourth-order valence-electron chi connectivity index (χ4n) is 1.47. The Bertz CT molecular complexity index is 593. The molecule has 2 aromatic rings. The average Bonchev–Trinajstić information content (AvgIpc) is 2.18. The Morgan fingerprint density at radius 1 is 1.00 bits per heavy atom. The molecule has 1 aromatic heterocycles. The van der Waals surface area contributed by atoms with Crippen LogP contribution in [0.5, 0.6) is 0 Å². The van der Waals surface area contributed by atoms with Gasteiger partial charge in [-0.1, -0.05) is 11.6 Å². The molecule has 0 saturated carbocycles. The van der Waals surface area contributed by atoms with Crippen molar-refractivity contribution in [3.63, 3.8) is 0 Å². The van der Waals surface area contributed by atoms with E-state index in [1.807, 2.05) is 0 Å². The van der Waals surface area contributed by atoms with Crippen LogP contribution >= 0.6 is 11.6 Å². The number of halogens is 4. The summed E-state index contributed by atoms with van der Waals surface area (Å²) in [5.74, 6) is 0. The normalized spacial score (nSPS) is 12.1. The van der Waals surface area contributed by atoms with E-state index in [-0.39, 0.29) is 10.5 Å². The molecule has 6 heteroatoms. The van der Waals surface area contributed by atoms with Crippen LogP contribution in [0.4, 0.5) is 13.2 Å². The summed E-state index contributed by atoms with van der Waals surface area (Å²) in [6.45, 7) is 3.44. The van der Waals surface area contributed by atoms with Gasteiger partial charge < -0.3 is 0 Å². The first kappa shape index (κ1) is 12.1. The summed E-state index contributed by atoms with van der Waals surface area (Å²) in [6.07, 6.45) is -4.48. The highest BCUT2D eigenvalue weighted by Crippen LogP contribution is 2.36. The van der Waals surface area contributed by atoms with Crippen LogP contribution in [0.15, 0.2) is 12.1 Å². The van der Waals surface area contributed by atoms with Gasteiger partial charge in [0, 0.05) is 0 Å². The minimum atomic E-state index is -4.48. The van der Waals surface area contributed by atoms with Gasteiger partial charge in [0.25, 0.3) is 0 Å². The molecule has 0 aliphatic heterocycles. The molecule has 2 rings (SSSR count). The number of hydrogen-bond acceptors (Lipinski definition) is 2. The molecule has 90 valence electrons. The van der Waals surface area contributed by atoms with Crippen molar-refractivity contribution in [2.24, 2.45) is 0 Å². The maximum absolute atomic E-state index is 12.6. The number of hydrogen-bond donors (Lipinski definition) is 0. The van der Waals surface area contributed by atoms with Gasteiger partial charge in [0.05, 0.1) is 33.0 Å². The lowest BCUT2D eigenvalue weighted by Gasteiger charge is -2.10. The summed E-state index contributed by atoms with van der Waals surface area (Å²) in [5, 5.41) is -0.359. The predicted octanol–water partition coefficient (Wildman–Crippen LogP) is 3.92. The minimum absolute atomic E-state index is 0.199. The zero-order chi connectivity index (χ0) is 12.8. The van der Waals surface area contributed by atoms with Gasteiger partial charge in [-0.2, -0.15) is 13.2 Å². The Hall–Kier alpha value is -1.36. The van der Waals surface area contributed by atoms with Gasteiger partial charge in [0.15, 0.2) is 0 Å². The van der Waals surface area contributed by atoms with E-state index in [4.69, 9.17) is 11.6 Å². The summed E-state index contributed by atoms with van der Waals surface area (Å²) in [5.41, 5.74) is 0.960. The summed E-state index contributed by atoms with van der Waals surface area (Å²) < 4.78 is 37.9. The van der Waals surface area contributed by atoms with E-state index >= 15 is 0 Å². The Balaban J connectivity index is 2.76. The van der Waals surface area contributed by atoms with E-state index in [0.717, 1.165) is 6.07 Å². The second kappa shape index (κ2) is 3.84. The molecule has 1 aromatic carbocycles. The highest BCUT2D eigenvalue weighted by atomic mass is 35.5. The highest BCUT2D eigenvalue weighted by Gasteiger charge is 2.33. The van der Waals surface area contributed by atoms with E-state index in [2.05, 4.69) is 9.97 Å². The molecule has 0 atom stereocenters.